The maximum Gasteiger partial charge on any atom is 0.230 e. The topological polar surface area (TPSA) is 60.5 Å². The number of carbonyl (C=O) groups is 1. The largest absolute Gasteiger partial charge is 0.475 e. The molecule has 0 atom stereocenters. The molecule has 5 nitrogen and oxygen atoms in total. The zero-order valence-electron chi connectivity index (χ0n) is 14.7. The predicted octanol–water partition coefficient (Wildman–Crippen LogP) is 2.96. The Bertz CT molecular complexity index is 645. The summed E-state index contributed by atoms with van der Waals surface area (Å²) in [7, 11) is 1.63. The third-order valence-electron chi connectivity index (χ3n) is 3.45. The second-order valence-corrected chi connectivity index (χ2v) is 6.59. The molecule has 2 aromatic rings. The predicted molar refractivity (Wildman–Crippen MR) is 101 cm³/mol. The summed E-state index contributed by atoms with van der Waals surface area (Å²) in [6, 6.07) is 12.1. The Morgan fingerprint density at radius 2 is 1.88 bits per heavy atom. The number of ether oxygens (including phenoxy) is 2. The summed E-state index contributed by atoms with van der Waals surface area (Å²) in [5, 5.41) is 2.91. The summed E-state index contributed by atoms with van der Waals surface area (Å²) in [6.07, 6.45) is 1.71. The van der Waals surface area contributed by atoms with Gasteiger partial charge in [-0.2, -0.15) is 0 Å². The van der Waals surface area contributed by atoms with Crippen molar-refractivity contribution >= 4 is 17.7 Å². The summed E-state index contributed by atoms with van der Waals surface area (Å²) < 4.78 is 10.3. The lowest BCUT2D eigenvalue weighted by molar-refractivity contribution is -0.118. The Hall–Kier alpha value is -2.05. The van der Waals surface area contributed by atoms with Gasteiger partial charge in [0.2, 0.25) is 11.8 Å². The maximum absolute atomic E-state index is 11.9. The van der Waals surface area contributed by atoms with Crippen LogP contribution in [-0.4, -0.2) is 37.0 Å². The molecule has 0 radical (unpaired) electrons. The first-order chi connectivity index (χ1) is 12.2. The normalized spacial score (nSPS) is 10.5. The number of carbonyl (C=O) groups excluding carboxylic acids is 1. The molecule has 0 aliphatic heterocycles. The minimum absolute atomic E-state index is 0.0255. The minimum atomic E-state index is 0.0255. The van der Waals surface area contributed by atoms with E-state index >= 15 is 0 Å². The van der Waals surface area contributed by atoms with Crippen LogP contribution in [0.1, 0.15) is 16.7 Å². The molecule has 25 heavy (non-hydrogen) atoms. The van der Waals surface area contributed by atoms with Crippen molar-refractivity contribution < 1.29 is 14.3 Å². The van der Waals surface area contributed by atoms with Crippen LogP contribution in [0, 0.1) is 6.92 Å². The van der Waals surface area contributed by atoms with Gasteiger partial charge in [-0.15, -0.1) is 11.8 Å². The molecule has 0 fully saturated rings. The van der Waals surface area contributed by atoms with Gasteiger partial charge < -0.3 is 14.8 Å². The van der Waals surface area contributed by atoms with E-state index in [9.17, 15) is 4.79 Å². The van der Waals surface area contributed by atoms with E-state index in [-0.39, 0.29) is 5.91 Å². The van der Waals surface area contributed by atoms with Gasteiger partial charge in [-0.25, -0.2) is 4.98 Å². The second kappa shape index (κ2) is 10.7. The second-order valence-electron chi connectivity index (χ2n) is 5.60. The highest BCUT2D eigenvalue weighted by Gasteiger charge is 2.03. The summed E-state index contributed by atoms with van der Waals surface area (Å²) in [6.45, 7) is 3.53. The van der Waals surface area contributed by atoms with Gasteiger partial charge in [-0.05, 0) is 18.1 Å². The third kappa shape index (κ3) is 7.58. The molecule has 0 saturated carbocycles. The number of hydrogen-bond acceptors (Lipinski definition) is 5. The summed E-state index contributed by atoms with van der Waals surface area (Å²) in [5.74, 6) is 1.86. The van der Waals surface area contributed by atoms with Gasteiger partial charge in [0.05, 0.1) is 12.4 Å². The fourth-order valence-electron chi connectivity index (χ4n) is 2.03. The molecular formula is C19H24N2O3S. The average Bonchev–Trinajstić information content (AvgIpc) is 2.63. The number of rotatable bonds is 10. The fraction of sp³-hybridized carbons (Fsp3) is 0.368. The van der Waals surface area contributed by atoms with Crippen molar-refractivity contribution in [2.75, 3.05) is 26.1 Å². The van der Waals surface area contributed by atoms with Gasteiger partial charge in [0.15, 0.2) is 0 Å². The Morgan fingerprint density at radius 1 is 1.12 bits per heavy atom. The van der Waals surface area contributed by atoms with Crippen molar-refractivity contribution in [3.05, 3.63) is 59.3 Å². The maximum atomic E-state index is 11.9. The van der Waals surface area contributed by atoms with E-state index in [1.54, 1.807) is 31.1 Å². The minimum Gasteiger partial charge on any atom is -0.475 e. The number of nitrogens with zero attached hydrogens (tertiary/aromatic N) is 1. The SMILES string of the molecule is COCCOc1ccc(CNC(=O)CSCc2ccc(C)cc2)cn1. The van der Waals surface area contributed by atoms with Gasteiger partial charge in [-0.1, -0.05) is 35.9 Å². The standard InChI is InChI=1S/C19H24N2O3S/c1-15-3-5-16(6-4-15)13-25-14-18(22)20-11-17-7-8-19(21-12-17)24-10-9-23-2/h3-8,12H,9-11,13-14H2,1-2H3,(H,20,22). The molecule has 1 N–H and O–H groups in total. The van der Waals surface area contributed by atoms with E-state index in [1.807, 2.05) is 6.07 Å². The molecule has 6 heteroatoms. The van der Waals surface area contributed by atoms with E-state index in [4.69, 9.17) is 9.47 Å². The highest BCUT2D eigenvalue weighted by atomic mass is 32.2. The van der Waals surface area contributed by atoms with Crippen LogP contribution in [0.5, 0.6) is 5.88 Å². The van der Waals surface area contributed by atoms with E-state index in [0.717, 1.165) is 11.3 Å². The van der Waals surface area contributed by atoms with Crippen LogP contribution in [0.2, 0.25) is 0 Å². The van der Waals surface area contributed by atoms with Crippen molar-refractivity contribution in [2.24, 2.45) is 0 Å². The van der Waals surface area contributed by atoms with Crippen LogP contribution in [0.4, 0.5) is 0 Å². The van der Waals surface area contributed by atoms with Crippen LogP contribution < -0.4 is 10.1 Å². The van der Waals surface area contributed by atoms with E-state index in [2.05, 4.69) is 41.5 Å². The van der Waals surface area contributed by atoms with Crippen molar-refractivity contribution in [1.29, 1.82) is 0 Å². The molecular weight excluding hydrogens is 336 g/mol. The molecule has 2 rings (SSSR count). The summed E-state index contributed by atoms with van der Waals surface area (Å²) in [5.41, 5.74) is 3.42. The van der Waals surface area contributed by atoms with Crippen LogP contribution in [0.3, 0.4) is 0 Å². The molecule has 1 aromatic carbocycles. The molecule has 0 aliphatic carbocycles. The Morgan fingerprint density at radius 3 is 2.56 bits per heavy atom. The monoisotopic (exact) mass is 360 g/mol. The Balaban J connectivity index is 1.64. The lowest BCUT2D eigenvalue weighted by atomic mass is 10.2. The number of benzene rings is 1. The lowest BCUT2D eigenvalue weighted by Crippen LogP contribution is -2.24. The number of methoxy groups -OCH3 is 1. The molecule has 0 unspecified atom stereocenters. The zero-order valence-corrected chi connectivity index (χ0v) is 15.5. The molecule has 1 heterocycles. The highest BCUT2D eigenvalue weighted by Crippen LogP contribution is 2.13. The number of pyridine rings is 1. The van der Waals surface area contributed by atoms with E-state index < -0.39 is 0 Å². The smallest absolute Gasteiger partial charge is 0.230 e. The van der Waals surface area contributed by atoms with Crippen LogP contribution in [0.25, 0.3) is 0 Å². The zero-order chi connectivity index (χ0) is 17.9. The van der Waals surface area contributed by atoms with Gasteiger partial charge in [0, 0.05) is 31.7 Å². The molecule has 0 saturated heterocycles. The molecule has 1 amide bonds. The van der Waals surface area contributed by atoms with Gasteiger partial charge in [-0.3, -0.25) is 4.79 Å². The Labute approximate surface area is 153 Å². The fourth-order valence-corrected chi connectivity index (χ4v) is 2.85. The highest BCUT2D eigenvalue weighted by molar-refractivity contribution is 7.99. The summed E-state index contributed by atoms with van der Waals surface area (Å²) in [4.78, 5) is 16.1. The van der Waals surface area contributed by atoms with Crippen LogP contribution in [-0.2, 0) is 21.8 Å². The van der Waals surface area contributed by atoms with Gasteiger partial charge in [0.1, 0.15) is 6.61 Å². The first-order valence-corrected chi connectivity index (χ1v) is 9.29. The molecule has 0 bridgehead atoms. The molecule has 0 aliphatic rings. The molecule has 0 spiro atoms. The first-order valence-electron chi connectivity index (χ1n) is 8.14. The van der Waals surface area contributed by atoms with Crippen molar-refractivity contribution in [3.63, 3.8) is 0 Å². The lowest BCUT2D eigenvalue weighted by Gasteiger charge is -2.07. The van der Waals surface area contributed by atoms with Crippen LogP contribution in [0.15, 0.2) is 42.6 Å². The van der Waals surface area contributed by atoms with Gasteiger partial charge >= 0.3 is 0 Å². The van der Waals surface area contributed by atoms with Crippen LogP contribution >= 0.6 is 11.8 Å². The number of amides is 1. The quantitative estimate of drug-likeness (QED) is 0.660. The van der Waals surface area contributed by atoms with Crippen molar-refractivity contribution in [2.45, 2.75) is 19.2 Å². The van der Waals surface area contributed by atoms with Crippen molar-refractivity contribution in [3.8, 4) is 5.88 Å². The Kier molecular flexibility index (Phi) is 8.28. The molecule has 134 valence electrons. The number of aromatic nitrogens is 1. The van der Waals surface area contributed by atoms with Crippen molar-refractivity contribution in [1.82, 2.24) is 10.3 Å². The average molecular weight is 360 g/mol. The van der Waals surface area contributed by atoms with E-state index in [1.165, 1.54) is 11.1 Å². The number of hydrogen-bond donors (Lipinski definition) is 1. The third-order valence-corrected chi connectivity index (χ3v) is 4.45. The first kappa shape index (κ1) is 19.3. The summed E-state index contributed by atoms with van der Waals surface area (Å²) >= 11 is 1.61. The van der Waals surface area contributed by atoms with Gasteiger partial charge in [0.25, 0.3) is 0 Å². The number of thioether (sulfide) groups is 1. The van der Waals surface area contributed by atoms with E-state index in [0.29, 0.717) is 31.4 Å². The molecule has 1 aromatic heterocycles. The number of nitrogens with one attached hydrogen (secondary N) is 1. The number of aryl methyl sites for hydroxylation is 1.